The van der Waals surface area contributed by atoms with Crippen LogP contribution in [0.15, 0.2) is 68.9 Å². The molecule has 1 aromatic heterocycles. The van der Waals surface area contributed by atoms with Gasteiger partial charge in [-0.15, -0.1) is 0 Å². The van der Waals surface area contributed by atoms with Crippen molar-refractivity contribution in [1.29, 1.82) is 0 Å². The number of thiocarbonyl (C=S) groups is 1. The quantitative estimate of drug-likeness (QED) is 0.284. The molecule has 0 spiro atoms. The molecule has 0 aliphatic rings. The Kier molecular flexibility index (Phi) is 5.28. The van der Waals surface area contributed by atoms with Gasteiger partial charge in [0.15, 0.2) is 10.7 Å². The van der Waals surface area contributed by atoms with Crippen LogP contribution < -0.4 is 16.4 Å². The van der Waals surface area contributed by atoms with E-state index in [1.165, 1.54) is 12.1 Å². The molecule has 2 aromatic carbocycles. The number of rotatable bonds is 4. The van der Waals surface area contributed by atoms with Gasteiger partial charge in [-0.3, -0.25) is 5.43 Å². The Bertz CT molecular complexity index is 1030. The first-order valence-corrected chi connectivity index (χ1v) is 8.33. The highest BCUT2D eigenvalue weighted by atomic mass is 32.1. The van der Waals surface area contributed by atoms with Crippen LogP contribution in [0.2, 0.25) is 0 Å². The minimum absolute atomic E-state index is 0.0296. The molecule has 0 amide bonds. The van der Waals surface area contributed by atoms with Crippen molar-refractivity contribution in [2.45, 2.75) is 13.5 Å². The predicted octanol–water partition coefficient (Wildman–Crippen LogP) is 2.89. The summed E-state index contributed by atoms with van der Waals surface area (Å²) >= 11 is 5.21. The third kappa shape index (κ3) is 4.07. The number of benzene rings is 2. The molecule has 132 valence electrons. The molecular formula is C19H17N3O3S. The number of hydrogen-bond donors (Lipinski definition) is 3. The number of phenolic OH excluding ortho intramolecular Hbond substituents is 1. The molecule has 26 heavy (non-hydrogen) atoms. The zero-order valence-electron chi connectivity index (χ0n) is 14.0. The van der Waals surface area contributed by atoms with Crippen molar-refractivity contribution in [2.75, 3.05) is 0 Å². The van der Waals surface area contributed by atoms with Crippen LogP contribution in [0.5, 0.6) is 5.75 Å². The lowest BCUT2D eigenvalue weighted by molar-refractivity contribution is 0.471. The van der Waals surface area contributed by atoms with Crippen molar-refractivity contribution in [2.24, 2.45) is 5.10 Å². The summed E-state index contributed by atoms with van der Waals surface area (Å²) in [6.45, 7) is 2.25. The average molecular weight is 367 g/mol. The zero-order valence-corrected chi connectivity index (χ0v) is 14.8. The summed E-state index contributed by atoms with van der Waals surface area (Å²) in [7, 11) is 0. The highest BCUT2D eigenvalue weighted by Crippen LogP contribution is 2.26. The van der Waals surface area contributed by atoms with Gasteiger partial charge in [-0.2, -0.15) is 5.10 Å². The van der Waals surface area contributed by atoms with Crippen LogP contribution in [0.25, 0.3) is 11.0 Å². The van der Waals surface area contributed by atoms with Crippen molar-refractivity contribution in [3.63, 3.8) is 0 Å². The van der Waals surface area contributed by atoms with E-state index in [2.05, 4.69) is 15.8 Å². The molecule has 0 saturated carbocycles. The number of nitrogens with zero attached hydrogens (tertiary/aromatic N) is 1. The Balaban J connectivity index is 1.76. The van der Waals surface area contributed by atoms with Gasteiger partial charge in [0.25, 0.3) is 0 Å². The predicted molar refractivity (Wildman–Crippen MR) is 105 cm³/mol. The van der Waals surface area contributed by atoms with Gasteiger partial charge in [0.05, 0.1) is 11.3 Å². The summed E-state index contributed by atoms with van der Waals surface area (Å²) in [5.74, 6) is -0.0296. The van der Waals surface area contributed by atoms with Gasteiger partial charge >= 0.3 is 5.63 Å². The number of nitrogens with one attached hydrogen (secondary N) is 2. The van der Waals surface area contributed by atoms with Crippen LogP contribution in [-0.4, -0.2) is 15.9 Å². The van der Waals surface area contributed by atoms with E-state index < -0.39 is 5.63 Å². The molecule has 0 aliphatic carbocycles. The van der Waals surface area contributed by atoms with E-state index in [9.17, 15) is 9.90 Å². The fourth-order valence-electron chi connectivity index (χ4n) is 2.48. The lowest BCUT2D eigenvalue weighted by atomic mass is 10.1. The van der Waals surface area contributed by atoms with Gasteiger partial charge in [-0.25, -0.2) is 4.79 Å². The normalized spacial score (nSPS) is 11.3. The van der Waals surface area contributed by atoms with E-state index in [0.717, 1.165) is 5.56 Å². The van der Waals surface area contributed by atoms with E-state index in [0.29, 0.717) is 28.3 Å². The van der Waals surface area contributed by atoms with Crippen LogP contribution in [0.1, 0.15) is 18.1 Å². The van der Waals surface area contributed by atoms with Crippen molar-refractivity contribution in [3.05, 3.63) is 76.1 Å². The third-order valence-electron chi connectivity index (χ3n) is 3.75. The molecule has 3 N–H and O–H groups in total. The van der Waals surface area contributed by atoms with Crippen molar-refractivity contribution >= 4 is 34.0 Å². The maximum absolute atomic E-state index is 11.5. The molecule has 3 aromatic rings. The van der Waals surface area contributed by atoms with Crippen LogP contribution in [0.4, 0.5) is 0 Å². The SMILES string of the molecule is C/C(=N\NC(=S)NCc1ccccc1)c1c(O)ccc2ccc(=O)oc12. The van der Waals surface area contributed by atoms with Gasteiger partial charge in [-0.1, -0.05) is 30.3 Å². The molecule has 0 aliphatic heterocycles. The van der Waals surface area contributed by atoms with Crippen LogP contribution in [-0.2, 0) is 6.54 Å². The minimum Gasteiger partial charge on any atom is -0.507 e. The summed E-state index contributed by atoms with van der Waals surface area (Å²) in [6, 6.07) is 16.0. The van der Waals surface area contributed by atoms with Gasteiger partial charge in [0.2, 0.25) is 0 Å². The van der Waals surface area contributed by atoms with Gasteiger partial charge in [-0.05, 0) is 42.9 Å². The zero-order chi connectivity index (χ0) is 18.5. The van der Waals surface area contributed by atoms with Gasteiger partial charge in [0, 0.05) is 18.0 Å². The van der Waals surface area contributed by atoms with Crippen molar-refractivity contribution in [3.8, 4) is 5.75 Å². The maximum atomic E-state index is 11.5. The monoisotopic (exact) mass is 367 g/mol. The first-order chi connectivity index (χ1) is 12.5. The molecular weight excluding hydrogens is 350 g/mol. The summed E-state index contributed by atoms with van der Waals surface area (Å²) in [5.41, 5.74) is 4.39. The number of hydrogen-bond acceptors (Lipinski definition) is 5. The summed E-state index contributed by atoms with van der Waals surface area (Å²) < 4.78 is 5.23. The number of hydrazone groups is 1. The van der Waals surface area contributed by atoms with E-state index >= 15 is 0 Å². The molecule has 0 atom stereocenters. The highest BCUT2D eigenvalue weighted by molar-refractivity contribution is 7.80. The number of phenols is 1. The van der Waals surface area contributed by atoms with Gasteiger partial charge < -0.3 is 14.8 Å². The molecule has 1 heterocycles. The molecule has 0 saturated heterocycles. The summed E-state index contributed by atoms with van der Waals surface area (Å²) in [6.07, 6.45) is 0. The van der Waals surface area contributed by atoms with Crippen molar-refractivity contribution in [1.82, 2.24) is 10.7 Å². The lowest BCUT2D eigenvalue weighted by Crippen LogP contribution is -2.32. The van der Waals surface area contributed by atoms with Crippen LogP contribution in [0, 0.1) is 0 Å². The molecule has 3 rings (SSSR count). The van der Waals surface area contributed by atoms with Crippen LogP contribution >= 0.6 is 12.2 Å². The van der Waals surface area contributed by atoms with Crippen LogP contribution in [0.3, 0.4) is 0 Å². The first-order valence-electron chi connectivity index (χ1n) is 7.93. The lowest BCUT2D eigenvalue weighted by Gasteiger charge is -2.10. The van der Waals surface area contributed by atoms with Gasteiger partial charge in [0.1, 0.15) is 5.75 Å². The Labute approximate surface area is 155 Å². The molecule has 0 radical (unpaired) electrons. The second kappa shape index (κ2) is 7.79. The fourth-order valence-corrected chi connectivity index (χ4v) is 2.60. The molecule has 7 heteroatoms. The Hall–Kier alpha value is -3.19. The highest BCUT2D eigenvalue weighted by Gasteiger charge is 2.13. The van der Waals surface area contributed by atoms with E-state index in [4.69, 9.17) is 16.6 Å². The average Bonchev–Trinajstić information content (AvgIpc) is 2.65. The Morgan fingerprint density at radius 3 is 2.65 bits per heavy atom. The standard InChI is InChI=1S/C19H17N3O3S/c1-12(21-22-19(26)20-11-13-5-3-2-4-6-13)17-15(23)9-7-14-8-10-16(24)25-18(14)17/h2-10,23H,11H2,1H3,(H2,20,22,26)/b21-12+. The number of aromatic hydroxyl groups is 1. The second-order valence-corrected chi connectivity index (χ2v) is 6.02. The third-order valence-corrected chi connectivity index (χ3v) is 3.99. The molecule has 6 nitrogen and oxygen atoms in total. The smallest absolute Gasteiger partial charge is 0.336 e. The first kappa shape index (κ1) is 17.6. The number of fused-ring (bicyclic) bond motifs is 1. The summed E-state index contributed by atoms with van der Waals surface area (Å²) in [4.78, 5) is 11.5. The molecule has 0 bridgehead atoms. The Morgan fingerprint density at radius 2 is 1.88 bits per heavy atom. The molecule has 0 unspecified atom stereocenters. The minimum atomic E-state index is -0.495. The second-order valence-electron chi connectivity index (χ2n) is 5.61. The van der Waals surface area contributed by atoms with Crippen molar-refractivity contribution < 1.29 is 9.52 Å². The Morgan fingerprint density at radius 1 is 1.15 bits per heavy atom. The maximum Gasteiger partial charge on any atom is 0.336 e. The fraction of sp³-hybridized carbons (Fsp3) is 0.105. The topological polar surface area (TPSA) is 86.9 Å². The largest absolute Gasteiger partial charge is 0.507 e. The van der Waals surface area contributed by atoms with E-state index in [1.807, 2.05) is 30.3 Å². The molecule has 0 fully saturated rings. The van der Waals surface area contributed by atoms with E-state index in [-0.39, 0.29) is 11.3 Å². The summed E-state index contributed by atoms with van der Waals surface area (Å²) in [5, 5.41) is 18.4. The van der Waals surface area contributed by atoms with E-state index in [1.54, 1.807) is 19.1 Å².